The fourth-order valence-electron chi connectivity index (χ4n) is 1.60. The second kappa shape index (κ2) is 3.06. The molecule has 2 aromatic rings. The van der Waals surface area contributed by atoms with Gasteiger partial charge in [0.05, 0.1) is 28.6 Å². The lowest BCUT2D eigenvalue weighted by Crippen LogP contribution is -2.17. The highest BCUT2D eigenvalue weighted by atomic mass is 32.1. The smallest absolute Gasteiger partial charge is 0.0895 e. The van der Waals surface area contributed by atoms with E-state index in [0.29, 0.717) is 0 Å². The predicted molar refractivity (Wildman–Crippen MR) is 60.3 cm³/mol. The van der Waals surface area contributed by atoms with Gasteiger partial charge in [-0.05, 0) is 18.2 Å². The Labute approximate surface area is 85.7 Å². The van der Waals surface area contributed by atoms with Crippen molar-refractivity contribution in [3.8, 4) is 0 Å². The zero-order chi connectivity index (χ0) is 9.38. The summed E-state index contributed by atoms with van der Waals surface area (Å²) >= 11 is 1.68. The van der Waals surface area contributed by atoms with Crippen molar-refractivity contribution in [1.82, 2.24) is 4.98 Å². The van der Waals surface area contributed by atoms with Gasteiger partial charge in [-0.25, -0.2) is 4.98 Å². The number of aromatic nitrogens is 1. The number of thiazole rings is 1. The van der Waals surface area contributed by atoms with Gasteiger partial charge in [-0.3, -0.25) is 4.99 Å². The van der Waals surface area contributed by atoms with Crippen molar-refractivity contribution in [2.45, 2.75) is 0 Å². The maximum atomic E-state index is 4.25. The zero-order valence-corrected chi connectivity index (χ0v) is 8.37. The highest BCUT2D eigenvalue weighted by Gasteiger charge is 2.08. The number of rotatable bonds is 1. The Balaban J connectivity index is 2.08. The minimum atomic E-state index is 0.903. The lowest BCUT2D eigenvalue weighted by atomic mass is 10.3. The molecule has 0 saturated heterocycles. The van der Waals surface area contributed by atoms with Gasteiger partial charge in [-0.1, -0.05) is 0 Å². The molecule has 0 radical (unpaired) electrons. The van der Waals surface area contributed by atoms with Crippen LogP contribution in [0.5, 0.6) is 0 Å². The van der Waals surface area contributed by atoms with Crippen LogP contribution in [0, 0.1) is 0 Å². The van der Waals surface area contributed by atoms with Crippen LogP contribution >= 0.6 is 11.3 Å². The van der Waals surface area contributed by atoms with Gasteiger partial charge >= 0.3 is 0 Å². The summed E-state index contributed by atoms with van der Waals surface area (Å²) < 4.78 is 1.24. The van der Waals surface area contributed by atoms with E-state index in [2.05, 4.69) is 33.1 Å². The van der Waals surface area contributed by atoms with Crippen LogP contribution in [0.2, 0.25) is 0 Å². The molecule has 2 heterocycles. The molecule has 1 aliphatic heterocycles. The molecule has 1 aromatic heterocycles. The van der Waals surface area contributed by atoms with E-state index in [1.165, 1.54) is 10.4 Å². The van der Waals surface area contributed by atoms with Crippen LogP contribution in [-0.2, 0) is 0 Å². The fourth-order valence-corrected chi connectivity index (χ4v) is 2.31. The molecule has 0 amide bonds. The second-order valence-corrected chi connectivity index (χ2v) is 4.11. The number of aliphatic imine (C=N–C) groups is 1. The van der Waals surface area contributed by atoms with E-state index in [-0.39, 0.29) is 0 Å². The van der Waals surface area contributed by atoms with E-state index >= 15 is 0 Å². The van der Waals surface area contributed by atoms with E-state index in [1.54, 1.807) is 11.3 Å². The van der Waals surface area contributed by atoms with Crippen LogP contribution in [-0.4, -0.2) is 24.4 Å². The molecule has 14 heavy (non-hydrogen) atoms. The highest BCUT2D eigenvalue weighted by Crippen LogP contribution is 2.24. The topological polar surface area (TPSA) is 28.5 Å². The Morgan fingerprint density at radius 2 is 2.36 bits per heavy atom. The van der Waals surface area contributed by atoms with Crippen LogP contribution in [0.3, 0.4) is 0 Å². The molecule has 0 atom stereocenters. The Morgan fingerprint density at radius 1 is 1.36 bits per heavy atom. The first-order valence-corrected chi connectivity index (χ1v) is 5.41. The summed E-state index contributed by atoms with van der Waals surface area (Å²) in [4.78, 5) is 10.6. The van der Waals surface area contributed by atoms with Gasteiger partial charge in [0.1, 0.15) is 0 Å². The van der Waals surface area contributed by atoms with Gasteiger partial charge in [0, 0.05) is 12.2 Å². The molecule has 0 fully saturated rings. The number of fused-ring (bicyclic) bond motifs is 1. The molecule has 0 N–H and O–H groups in total. The third-order valence-electron chi connectivity index (χ3n) is 2.34. The van der Waals surface area contributed by atoms with Gasteiger partial charge in [0.15, 0.2) is 0 Å². The third-order valence-corrected chi connectivity index (χ3v) is 3.13. The molecule has 0 bridgehead atoms. The predicted octanol–water partition coefficient (Wildman–Crippen LogP) is 2.14. The Hall–Kier alpha value is -1.42. The molecule has 3 nitrogen and oxygen atoms in total. The fraction of sp³-hybridized carbons (Fsp3) is 0.200. The second-order valence-electron chi connectivity index (χ2n) is 3.22. The molecule has 1 aromatic carbocycles. The molecule has 1 aliphatic rings. The monoisotopic (exact) mass is 203 g/mol. The van der Waals surface area contributed by atoms with Crippen LogP contribution in [0.4, 0.5) is 5.69 Å². The van der Waals surface area contributed by atoms with Gasteiger partial charge in [0.2, 0.25) is 0 Å². The van der Waals surface area contributed by atoms with Gasteiger partial charge in [0.25, 0.3) is 0 Å². The first-order valence-electron chi connectivity index (χ1n) is 4.53. The van der Waals surface area contributed by atoms with Crippen LogP contribution in [0.1, 0.15) is 0 Å². The van der Waals surface area contributed by atoms with Gasteiger partial charge < -0.3 is 4.90 Å². The average Bonchev–Trinajstić information content (AvgIpc) is 2.88. The Morgan fingerprint density at radius 3 is 3.21 bits per heavy atom. The lowest BCUT2D eigenvalue weighted by molar-refractivity contribution is 1.02. The molecule has 4 heteroatoms. The summed E-state index contributed by atoms with van der Waals surface area (Å²) in [5.74, 6) is 0. The van der Waals surface area contributed by atoms with Crippen molar-refractivity contribution < 1.29 is 0 Å². The van der Waals surface area contributed by atoms with Crippen molar-refractivity contribution in [1.29, 1.82) is 0 Å². The summed E-state index contributed by atoms with van der Waals surface area (Å²) in [6.45, 7) is 1.89. The third kappa shape index (κ3) is 1.19. The summed E-state index contributed by atoms with van der Waals surface area (Å²) in [5.41, 5.74) is 4.17. The highest BCUT2D eigenvalue weighted by molar-refractivity contribution is 7.16. The van der Waals surface area contributed by atoms with Crippen LogP contribution in [0.25, 0.3) is 10.2 Å². The molecule has 0 unspecified atom stereocenters. The molecule has 3 rings (SSSR count). The minimum absolute atomic E-state index is 0.903. The van der Waals surface area contributed by atoms with Gasteiger partial charge in [-0.15, -0.1) is 11.3 Å². The number of anilines is 1. The minimum Gasteiger partial charge on any atom is -0.331 e. The van der Waals surface area contributed by atoms with Crippen LogP contribution < -0.4 is 4.90 Å². The molecule has 0 spiro atoms. The molecule has 70 valence electrons. The van der Waals surface area contributed by atoms with E-state index in [0.717, 1.165) is 18.6 Å². The SMILES string of the molecule is C1=NCCN1c1ccc2ncsc2c1. The number of hydrogen-bond acceptors (Lipinski definition) is 4. The summed E-state index contributed by atoms with van der Waals surface area (Å²) in [5, 5.41) is 0. The van der Waals surface area contributed by atoms with Crippen molar-refractivity contribution in [2.24, 2.45) is 4.99 Å². The average molecular weight is 203 g/mol. The maximum Gasteiger partial charge on any atom is 0.0895 e. The first-order chi connectivity index (χ1) is 6.93. The standard InChI is InChI=1S/C10H9N3S/c1-2-9-10(14-7-12-9)5-8(1)13-4-3-11-6-13/h1-2,5-7H,3-4H2. The molecule has 0 saturated carbocycles. The van der Waals surface area contributed by atoms with Crippen molar-refractivity contribution in [3.05, 3.63) is 23.7 Å². The normalized spacial score (nSPS) is 15.6. The first kappa shape index (κ1) is 7.94. The molecular formula is C10H9N3S. The van der Waals surface area contributed by atoms with Crippen LogP contribution in [0.15, 0.2) is 28.7 Å². The van der Waals surface area contributed by atoms with Crippen molar-refractivity contribution in [3.63, 3.8) is 0 Å². The van der Waals surface area contributed by atoms with Gasteiger partial charge in [-0.2, -0.15) is 0 Å². The zero-order valence-electron chi connectivity index (χ0n) is 7.55. The maximum absolute atomic E-state index is 4.25. The summed E-state index contributed by atoms with van der Waals surface area (Å²) in [7, 11) is 0. The quantitative estimate of drug-likeness (QED) is 0.710. The summed E-state index contributed by atoms with van der Waals surface area (Å²) in [6.07, 6.45) is 1.90. The van der Waals surface area contributed by atoms with E-state index in [9.17, 15) is 0 Å². The van der Waals surface area contributed by atoms with E-state index < -0.39 is 0 Å². The molecule has 0 aliphatic carbocycles. The largest absolute Gasteiger partial charge is 0.331 e. The van der Waals surface area contributed by atoms with Crippen molar-refractivity contribution >= 4 is 33.6 Å². The number of nitrogens with zero attached hydrogens (tertiary/aromatic N) is 3. The van der Waals surface area contributed by atoms with Crippen molar-refractivity contribution in [2.75, 3.05) is 18.0 Å². The molecular weight excluding hydrogens is 194 g/mol. The lowest BCUT2D eigenvalue weighted by Gasteiger charge is -2.13. The Kier molecular flexibility index (Phi) is 1.73. The number of benzene rings is 1. The van der Waals surface area contributed by atoms with E-state index in [4.69, 9.17) is 0 Å². The Bertz CT molecular complexity index is 489. The summed E-state index contributed by atoms with van der Waals surface area (Å²) in [6, 6.07) is 6.33. The van der Waals surface area contributed by atoms with E-state index in [1.807, 2.05) is 11.8 Å². The number of hydrogen-bond donors (Lipinski definition) is 0.